The maximum Gasteiger partial charge on any atom is 0.252 e. The Kier molecular flexibility index (Phi) is 9.69. The van der Waals surface area contributed by atoms with E-state index in [1.54, 1.807) is 0 Å². The SMILES string of the molecule is Cc1cc(C)c(N2c3cc4c(cc3B3c5ccc(N(c6ccccc6)c6ccccc6)cc5N(c5c(C)cc(C(C)(C)C)cc5C)c5cc(C)cc2c53)C(C)(C)CCC4(C)C)c(C)c1. The van der Waals surface area contributed by atoms with Gasteiger partial charge in [0.1, 0.15) is 0 Å². The largest absolute Gasteiger partial charge is 0.311 e. The van der Waals surface area contributed by atoms with E-state index >= 15 is 0 Å². The molecule has 0 spiro atoms. The van der Waals surface area contributed by atoms with Gasteiger partial charge in [0.25, 0.3) is 6.71 Å². The number of anilines is 9. The second-order valence-electron chi connectivity index (χ2n) is 21.8. The van der Waals surface area contributed by atoms with Gasteiger partial charge in [-0.05, 0) is 186 Å². The molecule has 7 aromatic rings. The Morgan fingerprint density at radius 2 is 0.922 bits per heavy atom. The minimum Gasteiger partial charge on any atom is -0.311 e. The van der Waals surface area contributed by atoms with Crippen LogP contribution >= 0.6 is 0 Å². The molecule has 1 aliphatic carbocycles. The molecule has 0 N–H and O–H groups in total. The van der Waals surface area contributed by atoms with Crippen LogP contribution in [0.25, 0.3) is 0 Å². The van der Waals surface area contributed by atoms with Crippen LogP contribution < -0.4 is 31.1 Å². The minimum absolute atomic E-state index is 0.0192. The first-order valence-corrected chi connectivity index (χ1v) is 23.5. The lowest BCUT2D eigenvalue weighted by molar-refractivity contribution is 0.332. The topological polar surface area (TPSA) is 9.72 Å². The van der Waals surface area contributed by atoms with E-state index in [2.05, 4.69) is 232 Å². The van der Waals surface area contributed by atoms with Crippen LogP contribution in [0.5, 0.6) is 0 Å². The number of hydrogen-bond acceptors (Lipinski definition) is 3. The number of nitrogens with zero attached hydrogens (tertiary/aromatic N) is 3. The Morgan fingerprint density at radius 3 is 1.42 bits per heavy atom. The number of para-hydroxylation sites is 2. The van der Waals surface area contributed by atoms with Gasteiger partial charge in [-0.1, -0.05) is 127 Å². The van der Waals surface area contributed by atoms with E-state index in [-0.39, 0.29) is 23.0 Å². The Hall–Kier alpha value is -6.00. The first-order valence-electron chi connectivity index (χ1n) is 23.5. The van der Waals surface area contributed by atoms with Crippen LogP contribution in [0.4, 0.5) is 51.2 Å². The highest BCUT2D eigenvalue weighted by molar-refractivity contribution is 7.00. The number of hydrogen-bond donors (Lipinski definition) is 0. The maximum atomic E-state index is 2.67. The summed E-state index contributed by atoms with van der Waals surface area (Å²) in [6.07, 6.45) is 2.34. The van der Waals surface area contributed by atoms with Crippen molar-refractivity contribution in [2.24, 2.45) is 0 Å². The molecule has 0 saturated heterocycles. The van der Waals surface area contributed by atoms with Gasteiger partial charge in [-0.25, -0.2) is 0 Å². The average Bonchev–Trinajstić information content (AvgIpc) is 3.23. The number of rotatable bonds is 5. The summed E-state index contributed by atoms with van der Waals surface area (Å²) in [5.74, 6) is 0. The lowest BCUT2D eigenvalue weighted by Crippen LogP contribution is -2.62. The molecule has 3 aliphatic rings. The van der Waals surface area contributed by atoms with Crippen molar-refractivity contribution in [2.75, 3.05) is 14.7 Å². The van der Waals surface area contributed by atoms with E-state index in [0.29, 0.717) is 0 Å². The Balaban J connectivity index is 1.34. The first kappa shape index (κ1) is 42.0. The van der Waals surface area contributed by atoms with Crippen LogP contribution in [-0.2, 0) is 16.2 Å². The molecule has 0 aromatic heterocycles. The van der Waals surface area contributed by atoms with E-state index in [1.807, 2.05) is 0 Å². The van der Waals surface area contributed by atoms with Crippen molar-refractivity contribution in [3.8, 4) is 0 Å². The van der Waals surface area contributed by atoms with Crippen molar-refractivity contribution in [3.63, 3.8) is 0 Å². The van der Waals surface area contributed by atoms with E-state index in [0.717, 1.165) is 17.1 Å². The third kappa shape index (κ3) is 6.62. The summed E-state index contributed by atoms with van der Waals surface area (Å²) in [7, 11) is 0. The van der Waals surface area contributed by atoms with Crippen LogP contribution in [0.15, 0.2) is 127 Å². The van der Waals surface area contributed by atoms with Gasteiger partial charge in [0.15, 0.2) is 0 Å². The highest BCUT2D eigenvalue weighted by Crippen LogP contribution is 2.52. The normalized spacial score (nSPS) is 15.6. The summed E-state index contributed by atoms with van der Waals surface area (Å²) in [6.45, 7) is 30.7. The van der Waals surface area contributed by atoms with Crippen LogP contribution in [0, 0.1) is 41.5 Å². The molecule has 0 saturated carbocycles. The minimum atomic E-state index is 0.0192. The molecule has 7 aromatic carbocycles. The molecule has 2 heterocycles. The molecule has 0 amide bonds. The Morgan fingerprint density at radius 1 is 0.469 bits per heavy atom. The molecule has 0 fully saturated rings. The van der Waals surface area contributed by atoms with Gasteiger partial charge in [-0.3, -0.25) is 0 Å². The molecule has 3 nitrogen and oxygen atoms in total. The van der Waals surface area contributed by atoms with Gasteiger partial charge in [0.05, 0.1) is 11.4 Å². The zero-order valence-electron chi connectivity index (χ0n) is 40.5. The van der Waals surface area contributed by atoms with Gasteiger partial charge < -0.3 is 14.7 Å². The van der Waals surface area contributed by atoms with Gasteiger partial charge in [0.2, 0.25) is 0 Å². The highest BCUT2D eigenvalue weighted by atomic mass is 15.2. The van der Waals surface area contributed by atoms with Crippen molar-refractivity contribution < 1.29 is 0 Å². The summed E-state index contributed by atoms with van der Waals surface area (Å²) in [5.41, 5.74) is 27.4. The van der Waals surface area contributed by atoms with Gasteiger partial charge in [0, 0.05) is 39.8 Å². The third-order valence-electron chi connectivity index (χ3n) is 14.9. The molecule has 322 valence electrons. The molecular weight excluding hydrogens is 773 g/mol. The summed E-state index contributed by atoms with van der Waals surface area (Å²) >= 11 is 0. The second-order valence-corrected chi connectivity index (χ2v) is 21.8. The van der Waals surface area contributed by atoms with Crippen LogP contribution in [0.1, 0.15) is 111 Å². The molecule has 2 aliphatic heterocycles. The molecule has 64 heavy (non-hydrogen) atoms. The standard InChI is InChI=1S/C60H64BN3/c1-37-28-39(3)56(40(4)29-37)64-52-36-48-47(59(10,11)26-27-60(48,12)13)35-50(52)61-49-25-24-46(62(44-20-16-14-17-21-44)45-22-18-15-19-23-45)34-51(49)63(53-30-38(2)31-54(64)55(53)61)57-41(5)32-43(33-42(57)6)58(7,8)9/h14-25,28-36H,26-27H2,1-13H3. The fraction of sp³-hybridized carbons (Fsp3) is 0.300. The lowest BCUT2D eigenvalue weighted by Gasteiger charge is -2.48. The van der Waals surface area contributed by atoms with Crippen molar-refractivity contribution >= 4 is 74.3 Å². The average molecular weight is 838 g/mol. The number of fused-ring (bicyclic) bond motifs is 5. The Bertz CT molecular complexity index is 2920. The molecule has 10 rings (SSSR count). The molecular formula is C60H64BN3. The third-order valence-corrected chi connectivity index (χ3v) is 14.9. The smallest absolute Gasteiger partial charge is 0.252 e. The fourth-order valence-corrected chi connectivity index (χ4v) is 11.7. The zero-order valence-corrected chi connectivity index (χ0v) is 40.5. The molecule has 0 radical (unpaired) electrons. The zero-order chi connectivity index (χ0) is 45.2. The molecule has 0 atom stereocenters. The summed E-state index contributed by atoms with van der Waals surface area (Å²) in [5, 5.41) is 0. The molecule has 0 unspecified atom stereocenters. The van der Waals surface area contributed by atoms with Crippen LogP contribution in [-0.4, -0.2) is 6.71 Å². The summed E-state index contributed by atoms with van der Waals surface area (Å²) in [6, 6.07) is 48.9. The fourth-order valence-electron chi connectivity index (χ4n) is 11.7. The second kappa shape index (κ2) is 14.8. The Labute approximate surface area is 383 Å². The van der Waals surface area contributed by atoms with Crippen LogP contribution in [0.3, 0.4) is 0 Å². The van der Waals surface area contributed by atoms with E-state index in [1.165, 1.54) is 113 Å². The number of aryl methyl sites for hydroxylation is 6. The quantitative estimate of drug-likeness (QED) is 0.160. The highest BCUT2D eigenvalue weighted by Gasteiger charge is 2.47. The van der Waals surface area contributed by atoms with Gasteiger partial charge in [-0.2, -0.15) is 0 Å². The molecule has 4 heteroatoms. The van der Waals surface area contributed by atoms with Crippen molar-refractivity contribution in [3.05, 3.63) is 177 Å². The first-order chi connectivity index (χ1) is 30.3. The predicted molar refractivity (Wildman–Crippen MR) is 278 cm³/mol. The van der Waals surface area contributed by atoms with Crippen molar-refractivity contribution in [1.82, 2.24) is 0 Å². The van der Waals surface area contributed by atoms with Crippen molar-refractivity contribution in [2.45, 2.75) is 119 Å². The molecule has 0 bridgehead atoms. The van der Waals surface area contributed by atoms with E-state index < -0.39 is 0 Å². The van der Waals surface area contributed by atoms with E-state index in [9.17, 15) is 0 Å². The van der Waals surface area contributed by atoms with Crippen molar-refractivity contribution in [1.29, 1.82) is 0 Å². The predicted octanol–water partition coefficient (Wildman–Crippen LogP) is 14.7. The number of benzene rings is 7. The summed E-state index contributed by atoms with van der Waals surface area (Å²) in [4.78, 5) is 7.74. The lowest BCUT2D eigenvalue weighted by atomic mass is 9.33. The maximum absolute atomic E-state index is 2.67. The van der Waals surface area contributed by atoms with E-state index in [4.69, 9.17) is 0 Å². The van der Waals surface area contributed by atoms with Crippen LogP contribution in [0.2, 0.25) is 0 Å². The monoisotopic (exact) mass is 838 g/mol. The van der Waals surface area contributed by atoms with Gasteiger partial charge in [-0.15, -0.1) is 0 Å². The summed E-state index contributed by atoms with van der Waals surface area (Å²) < 4.78 is 0. The van der Waals surface area contributed by atoms with Gasteiger partial charge >= 0.3 is 0 Å².